The van der Waals surface area contributed by atoms with Crippen molar-refractivity contribution in [2.75, 3.05) is 12.3 Å². The molecule has 2 heterocycles. The number of fused-ring (bicyclic) bond motifs is 1. The number of amides is 1. The summed E-state index contributed by atoms with van der Waals surface area (Å²) in [7, 11) is 0. The Morgan fingerprint density at radius 1 is 1.62 bits per heavy atom. The van der Waals surface area contributed by atoms with Crippen LogP contribution in [0.2, 0.25) is 0 Å². The minimum absolute atomic E-state index is 0.0877. The quantitative estimate of drug-likeness (QED) is 0.787. The lowest BCUT2D eigenvalue weighted by molar-refractivity contribution is 0.0895. The lowest BCUT2D eigenvalue weighted by Crippen LogP contribution is -2.53. The highest BCUT2D eigenvalue weighted by Gasteiger charge is 2.28. The number of aromatic nitrogens is 2. The monoisotopic (exact) mass is 310 g/mol. The third-order valence-corrected chi connectivity index (χ3v) is 4.50. The number of nitrogens with zero attached hydrogens (tertiary/aromatic N) is 2. The van der Waals surface area contributed by atoms with Crippen molar-refractivity contribution in [1.82, 2.24) is 14.9 Å². The molecule has 0 bridgehead atoms. The molecule has 0 radical (unpaired) electrons. The summed E-state index contributed by atoms with van der Waals surface area (Å²) in [5, 5.41) is 3.58. The molecule has 1 aliphatic heterocycles. The van der Waals surface area contributed by atoms with Crippen LogP contribution in [0.3, 0.4) is 0 Å². The second-order valence-corrected chi connectivity index (χ2v) is 7.14. The summed E-state index contributed by atoms with van der Waals surface area (Å²) in [6.45, 7) is 6.98. The van der Waals surface area contributed by atoms with Gasteiger partial charge in [-0.3, -0.25) is 14.2 Å². The van der Waals surface area contributed by atoms with Crippen molar-refractivity contribution < 1.29 is 4.79 Å². The molecule has 1 aliphatic rings. The van der Waals surface area contributed by atoms with E-state index in [0.29, 0.717) is 24.2 Å². The van der Waals surface area contributed by atoms with E-state index in [-0.39, 0.29) is 11.1 Å². The molecule has 2 rings (SSSR count). The van der Waals surface area contributed by atoms with Crippen molar-refractivity contribution in [3.05, 3.63) is 22.1 Å². The SMILES string of the molecule is CC(C)CC(C)(CN)NC(=O)c1cnc2n(c1=O)CCS2. The Kier molecular flexibility index (Phi) is 4.73. The van der Waals surface area contributed by atoms with E-state index in [2.05, 4.69) is 24.1 Å². The molecular formula is C14H22N4O2S. The molecule has 1 amide bonds. The van der Waals surface area contributed by atoms with Crippen molar-refractivity contribution in [2.45, 2.75) is 44.4 Å². The number of thioether (sulfide) groups is 1. The van der Waals surface area contributed by atoms with Gasteiger partial charge in [0.05, 0.1) is 0 Å². The molecular weight excluding hydrogens is 288 g/mol. The van der Waals surface area contributed by atoms with E-state index in [1.54, 1.807) is 4.57 Å². The van der Waals surface area contributed by atoms with Crippen LogP contribution in [0, 0.1) is 5.92 Å². The Hall–Kier alpha value is -1.34. The van der Waals surface area contributed by atoms with E-state index in [9.17, 15) is 9.59 Å². The van der Waals surface area contributed by atoms with E-state index in [1.807, 2.05) is 6.92 Å². The molecule has 6 nitrogen and oxygen atoms in total. The molecule has 1 atom stereocenters. The lowest BCUT2D eigenvalue weighted by atomic mass is 9.90. The third-order valence-electron chi connectivity index (χ3n) is 3.53. The first-order valence-corrected chi connectivity index (χ1v) is 8.10. The van der Waals surface area contributed by atoms with Crippen molar-refractivity contribution in [2.24, 2.45) is 11.7 Å². The Bertz CT molecular complexity index is 599. The van der Waals surface area contributed by atoms with Crippen molar-refractivity contribution in [1.29, 1.82) is 0 Å². The number of hydrogen-bond donors (Lipinski definition) is 2. The predicted octanol–water partition coefficient (Wildman–Crippen LogP) is 0.842. The molecule has 7 heteroatoms. The van der Waals surface area contributed by atoms with Gasteiger partial charge in [-0.15, -0.1) is 0 Å². The second-order valence-electron chi connectivity index (χ2n) is 6.08. The van der Waals surface area contributed by atoms with E-state index >= 15 is 0 Å². The Labute approximate surface area is 128 Å². The predicted molar refractivity (Wildman–Crippen MR) is 83.6 cm³/mol. The average Bonchev–Trinajstić information content (AvgIpc) is 2.87. The Morgan fingerprint density at radius 3 is 2.95 bits per heavy atom. The normalized spacial score (nSPS) is 16.6. The summed E-state index contributed by atoms with van der Waals surface area (Å²) in [5.41, 5.74) is 5.09. The summed E-state index contributed by atoms with van der Waals surface area (Å²) in [6.07, 6.45) is 2.12. The maximum absolute atomic E-state index is 12.4. The first kappa shape index (κ1) is 16.0. The molecule has 116 valence electrons. The largest absolute Gasteiger partial charge is 0.345 e. The van der Waals surface area contributed by atoms with Crippen LogP contribution in [0.15, 0.2) is 16.1 Å². The molecule has 21 heavy (non-hydrogen) atoms. The van der Waals surface area contributed by atoms with Crippen LogP contribution >= 0.6 is 11.8 Å². The van der Waals surface area contributed by atoms with Gasteiger partial charge in [-0.25, -0.2) is 4.98 Å². The van der Waals surface area contributed by atoms with Crippen LogP contribution in [0.25, 0.3) is 0 Å². The van der Waals surface area contributed by atoms with E-state index in [4.69, 9.17) is 5.73 Å². The average molecular weight is 310 g/mol. The summed E-state index contributed by atoms with van der Waals surface area (Å²) in [5.74, 6) is 0.823. The number of nitrogens with one attached hydrogen (secondary N) is 1. The van der Waals surface area contributed by atoms with Gasteiger partial charge in [-0.05, 0) is 19.3 Å². The maximum Gasteiger partial charge on any atom is 0.267 e. The molecule has 1 aromatic rings. The topological polar surface area (TPSA) is 90.0 Å². The van der Waals surface area contributed by atoms with Gasteiger partial charge in [-0.2, -0.15) is 0 Å². The van der Waals surface area contributed by atoms with Gasteiger partial charge in [0, 0.05) is 30.6 Å². The smallest absolute Gasteiger partial charge is 0.267 e. The van der Waals surface area contributed by atoms with E-state index in [1.165, 1.54) is 18.0 Å². The molecule has 3 N–H and O–H groups in total. The van der Waals surface area contributed by atoms with Gasteiger partial charge in [0.15, 0.2) is 5.16 Å². The molecule has 0 saturated carbocycles. The first-order chi connectivity index (χ1) is 9.86. The van der Waals surface area contributed by atoms with Crippen LogP contribution in [-0.2, 0) is 6.54 Å². The van der Waals surface area contributed by atoms with Gasteiger partial charge < -0.3 is 11.1 Å². The van der Waals surface area contributed by atoms with Crippen molar-refractivity contribution in [3.63, 3.8) is 0 Å². The summed E-state index contributed by atoms with van der Waals surface area (Å²) >= 11 is 1.53. The molecule has 0 aromatic carbocycles. The van der Waals surface area contributed by atoms with Gasteiger partial charge in [0.25, 0.3) is 11.5 Å². The minimum atomic E-state index is -0.518. The molecule has 0 aliphatic carbocycles. The Morgan fingerprint density at radius 2 is 2.33 bits per heavy atom. The van der Waals surface area contributed by atoms with Crippen LogP contribution < -0.4 is 16.6 Å². The number of hydrogen-bond acceptors (Lipinski definition) is 5. The number of nitrogens with two attached hydrogens (primary N) is 1. The van der Waals surface area contributed by atoms with Crippen LogP contribution in [0.1, 0.15) is 37.6 Å². The molecule has 0 saturated heterocycles. The van der Waals surface area contributed by atoms with E-state index in [0.717, 1.165) is 12.2 Å². The van der Waals surface area contributed by atoms with Gasteiger partial charge in [0.1, 0.15) is 5.56 Å². The standard InChI is InChI=1S/C14H22N4O2S/c1-9(2)6-14(3,8-15)17-11(19)10-7-16-13-18(12(10)20)4-5-21-13/h7,9H,4-6,8,15H2,1-3H3,(H,17,19). The summed E-state index contributed by atoms with van der Waals surface area (Å²) in [6, 6.07) is 0. The molecule has 0 fully saturated rings. The van der Waals surface area contributed by atoms with Gasteiger partial charge >= 0.3 is 0 Å². The van der Waals surface area contributed by atoms with Crippen molar-refractivity contribution >= 4 is 17.7 Å². The molecule has 1 aromatic heterocycles. The zero-order valence-corrected chi connectivity index (χ0v) is 13.5. The fraction of sp³-hybridized carbons (Fsp3) is 0.643. The fourth-order valence-corrected chi connectivity index (χ4v) is 3.51. The van der Waals surface area contributed by atoms with Crippen LogP contribution in [0.4, 0.5) is 0 Å². The Balaban J connectivity index is 2.23. The zero-order valence-electron chi connectivity index (χ0n) is 12.7. The fourth-order valence-electron chi connectivity index (χ4n) is 2.60. The third kappa shape index (κ3) is 3.47. The van der Waals surface area contributed by atoms with Crippen molar-refractivity contribution in [3.8, 4) is 0 Å². The number of carbonyl (C=O) groups is 1. The molecule has 1 unspecified atom stereocenters. The second kappa shape index (κ2) is 6.19. The van der Waals surface area contributed by atoms with Crippen LogP contribution in [0.5, 0.6) is 0 Å². The lowest BCUT2D eigenvalue weighted by Gasteiger charge is -2.31. The highest BCUT2D eigenvalue weighted by atomic mass is 32.2. The zero-order chi connectivity index (χ0) is 15.6. The highest BCUT2D eigenvalue weighted by Crippen LogP contribution is 2.21. The number of rotatable bonds is 5. The summed E-state index contributed by atoms with van der Waals surface area (Å²) in [4.78, 5) is 28.9. The number of carbonyl (C=O) groups excluding carboxylic acids is 1. The van der Waals surface area contributed by atoms with Gasteiger partial charge in [0.2, 0.25) is 0 Å². The van der Waals surface area contributed by atoms with Gasteiger partial charge in [-0.1, -0.05) is 25.6 Å². The summed E-state index contributed by atoms with van der Waals surface area (Å²) < 4.78 is 1.56. The highest BCUT2D eigenvalue weighted by molar-refractivity contribution is 7.99. The molecule has 0 spiro atoms. The van der Waals surface area contributed by atoms with Crippen LogP contribution in [-0.4, -0.2) is 33.3 Å². The maximum atomic E-state index is 12.4. The first-order valence-electron chi connectivity index (χ1n) is 7.11. The van der Waals surface area contributed by atoms with E-state index < -0.39 is 11.4 Å². The minimum Gasteiger partial charge on any atom is -0.345 e.